The highest BCUT2D eigenvalue weighted by Crippen LogP contribution is 2.43. The summed E-state index contributed by atoms with van der Waals surface area (Å²) in [6.07, 6.45) is 0. The Balaban J connectivity index is 2.67. The maximum absolute atomic E-state index is 9.64. The summed E-state index contributed by atoms with van der Waals surface area (Å²) in [5.74, 6) is 0.0543. The van der Waals surface area contributed by atoms with E-state index in [-0.39, 0.29) is 11.5 Å². The molecule has 0 saturated heterocycles. The zero-order valence-corrected chi connectivity index (χ0v) is 8.47. The molecule has 0 unspecified atom stereocenters. The van der Waals surface area contributed by atoms with Crippen molar-refractivity contribution in [2.75, 3.05) is 6.61 Å². The van der Waals surface area contributed by atoms with Crippen LogP contribution in [0.5, 0.6) is 17.2 Å². The van der Waals surface area contributed by atoms with Gasteiger partial charge in [0.25, 0.3) is 0 Å². The molecular formula is C10H10O3S. The van der Waals surface area contributed by atoms with Crippen molar-refractivity contribution in [3.05, 3.63) is 17.5 Å². The van der Waals surface area contributed by atoms with Crippen LogP contribution in [0.15, 0.2) is 17.5 Å². The molecular weight excluding hydrogens is 200 g/mol. The van der Waals surface area contributed by atoms with Gasteiger partial charge in [0, 0.05) is 5.39 Å². The molecule has 0 aliphatic rings. The van der Waals surface area contributed by atoms with Gasteiger partial charge in [0.1, 0.15) is 0 Å². The molecule has 0 saturated carbocycles. The SMILES string of the molecule is CCOc1cc2ccsc2c(O)c1O. The second-order valence-electron chi connectivity index (χ2n) is 2.84. The molecule has 0 atom stereocenters. The van der Waals surface area contributed by atoms with Crippen LogP contribution in [0.2, 0.25) is 0 Å². The number of hydrogen-bond acceptors (Lipinski definition) is 4. The molecule has 2 aromatic rings. The number of aromatic hydroxyl groups is 2. The van der Waals surface area contributed by atoms with Crippen LogP contribution in [0.3, 0.4) is 0 Å². The Morgan fingerprint density at radius 1 is 1.36 bits per heavy atom. The van der Waals surface area contributed by atoms with Crippen molar-refractivity contribution >= 4 is 21.4 Å². The van der Waals surface area contributed by atoms with Crippen molar-refractivity contribution in [2.45, 2.75) is 6.92 Å². The van der Waals surface area contributed by atoms with E-state index in [0.717, 1.165) is 5.39 Å². The molecule has 0 fully saturated rings. The molecule has 2 rings (SSSR count). The van der Waals surface area contributed by atoms with Gasteiger partial charge in [-0.2, -0.15) is 0 Å². The number of rotatable bonds is 2. The van der Waals surface area contributed by atoms with Crippen LogP contribution >= 0.6 is 11.3 Å². The molecule has 3 nitrogen and oxygen atoms in total. The molecule has 0 amide bonds. The second-order valence-corrected chi connectivity index (χ2v) is 3.76. The molecule has 1 heterocycles. The highest BCUT2D eigenvalue weighted by molar-refractivity contribution is 7.17. The van der Waals surface area contributed by atoms with Gasteiger partial charge in [0.05, 0.1) is 11.3 Å². The van der Waals surface area contributed by atoms with Gasteiger partial charge in [-0.1, -0.05) is 0 Å². The molecule has 14 heavy (non-hydrogen) atoms. The first-order valence-corrected chi connectivity index (χ1v) is 5.17. The number of phenolic OH excluding ortho intramolecular Hbond substituents is 2. The van der Waals surface area contributed by atoms with E-state index in [1.165, 1.54) is 11.3 Å². The summed E-state index contributed by atoms with van der Waals surface area (Å²) in [4.78, 5) is 0. The minimum Gasteiger partial charge on any atom is -0.503 e. The minimum absolute atomic E-state index is 0.0963. The van der Waals surface area contributed by atoms with E-state index in [0.29, 0.717) is 17.1 Å². The van der Waals surface area contributed by atoms with Crippen molar-refractivity contribution in [1.29, 1.82) is 0 Å². The van der Waals surface area contributed by atoms with Crippen molar-refractivity contribution in [1.82, 2.24) is 0 Å². The fraction of sp³-hybridized carbons (Fsp3) is 0.200. The van der Waals surface area contributed by atoms with Crippen LogP contribution in [0.1, 0.15) is 6.92 Å². The first kappa shape index (κ1) is 9.15. The number of fused-ring (bicyclic) bond motifs is 1. The summed E-state index contributed by atoms with van der Waals surface area (Å²) >= 11 is 1.39. The largest absolute Gasteiger partial charge is 0.503 e. The van der Waals surface area contributed by atoms with Gasteiger partial charge in [-0.3, -0.25) is 0 Å². The van der Waals surface area contributed by atoms with Crippen molar-refractivity contribution < 1.29 is 14.9 Å². The summed E-state index contributed by atoms with van der Waals surface area (Å²) in [5, 5.41) is 22.0. The lowest BCUT2D eigenvalue weighted by Crippen LogP contribution is -1.91. The Labute approximate surface area is 85.2 Å². The van der Waals surface area contributed by atoms with E-state index in [9.17, 15) is 10.2 Å². The van der Waals surface area contributed by atoms with E-state index >= 15 is 0 Å². The van der Waals surface area contributed by atoms with Crippen molar-refractivity contribution in [3.8, 4) is 17.2 Å². The summed E-state index contributed by atoms with van der Waals surface area (Å²) in [5.41, 5.74) is 0. The van der Waals surface area contributed by atoms with E-state index in [2.05, 4.69) is 0 Å². The Kier molecular flexibility index (Phi) is 2.21. The monoisotopic (exact) mass is 210 g/mol. The standard InChI is InChI=1S/C10H10O3S/c1-2-13-7-5-6-3-4-14-10(6)9(12)8(7)11/h3-5,11-12H,2H2,1H3. The molecule has 2 N–H and O–H groups in total. The number of thiophene rings is 1. The minimum atomic E-state index is -0.179. The van der Waals surface area contributed by atoms with Gasteiger partial charge in [0.2, 0.25) is 5.75 Å². The third-order valence-electron chi connectivity index (χ3n) is 1.95. The number of phenols is 2. The maximum atomic E-state index is 9.64. The molecule has 0 aliphatic heterocycles. The third kappa shape index (κ3) is 1.28. The number of benzene rings is 1. The highest BCUT2D eigenvalue weighted by atomic mass is 32.1. The molecule has 1 aromatic carbocycles. The van der Waals surface area contributed by atoms with Crippen LogP contribution in [-0.4, -0.2) is 16.8 Å². The van der Waals surface area contributed by atoms with Gasteiger partial charge in [-0.15, -0.1) is 11.3 Å². The lowest BCUT2D eigenvalue weighted by Gasteiger charge is -2.07. The van der Waals surface area contributed by atoms with Crippen molar-refractivity contribution in [3.63, 3.8) is 0 Å². The quantitative estimate of drug-likeness (QED) is 0.749. The average Bonchev–Trinajstić information content (AvgIpc) is 2.62. The van der Waals surface area contributed by atoms with Gasteiger partial charge in [-0.05, 0) is 24.4 Å². The van der Waals surface area contributed by atoms with E-state index in [4.69, 9.17) is 4.74 Å². The molecule has 74 valence electrons. The maximum Gasteiger partial charge on any atom is 0.202 e. The molecule has 0 aliphatic carbocycles. The highest BCUT2D eigenvalue weighted by Gasteiger charge is 2.13. The number of hydrogen-bond donors (Lipinski definition) is 2. The van der Waals surface area contributed by atoms with Gasteiger partial charge >= 0.3 is 0 Å². The normalized spacial score (nSPS) is 10.6. The number of ether oxygens (including phenoxy) is 1. The second kappa shape index (κ2) is 3.38. The predicted molar refractivity (Wildman–Crippen MR) is 56.3 cm³/mol. The van der Waals surface area contributed by atoms with Crippen LogP contribution < -0.4 is 4.74 Å². The summed E-state index contributed by atoms with van der Waals surface area (Å²) in [6, 6.07) is 3.60. The summed E-state index contributed by atoms with van der Waals surface area (Å²) in [7, 11) is 0. The Hall–Kier alpha value is -1.42. The fourth-order valence-corrected chi connectivity index (χ4v) is 2.15. The summed E-state index contributed by atoms with van der Waals surface area (Å²) < 4.78 is 5.88. The lowest BCUT2D eigenvalue weighted by molar-refractivity contribution is 0.310. The third-order valence-corrected chi connectivity index (χ3v) is 2.89. The first-order valence-electron chi connectivity index (χ1n) is 4.29. The van der Waals surface area contributed by atoms with Crippen LogP contribution in [0.4, 0.5) is 0 Å². The smallest absolute Gasteiger partial charge is 0.202 e. The molecule has 0 spiro atoms. The molecule has 0 bridgehead atoms. The Morgan fingerprint density at radius 2 is 2.14 bits per heavy atom. The average molecular weight is 210 g/mol. The van der Waals surface area contributed by atoms with E-state index in [1.807, 2.05) is 18.4 Å². The van der Waals surface area contributed by atoms with Crippen LogP contribution in [-0.2, 0) is 0 Å². The Morgan fingerprint density at radius 3 is 2.86 bits per heavy atom. The van der Waals surface area contributed by atoms with Gasteiger partial charge < -0.3 is 14.9 Å². The zero-order chi connectivity index (χ0) is 10.1. The fourth-order valence-electron chi connectivity index (χ4n) is 1.32. The zero-order valence-electron chi connectivity index (χ0n) is 7.65. The molecule has 1 aromatic heterocycles. The van der Waals surface area contributed by atoms with Crippen LogP contribution in [0, 0.1) is 0 Å². The lowest BCUT2D eigenvalue weighted by atomic mass is 10.2. The van der Waals surface area contributed by atoms with Crippen molar-refractivity contribution in [2.24, 2.45) is 0 Å². The predicted octanol–water partition coefficient (Wildman–Crippen LogP) is 2.71. The first-order chi connectivity index (χ1) is 6.74. The van der Waals surface area contributed by atoms with Crippen LogP contribution in [0.25, 0.3) is 10.1 Å². The Bertz CT molecular complexity index is 462. The van der Waals surface area contributed by atoms with Gasteiger partial charge in [0.15, 0.2) is 11.5 Å². The summed E-state index contributed by atoms with van der Waals surface area (Å²) in [6.45, 7) is 2.29. The molecule has 4 heteroatoms. The van der Waals surface area contributed by atoms with E-state index in [1.54, 1.807) is 6.07 Å². The topological polar surface area (TPSA) is 49.7 Å². The van der Waals surface area contributed by atoms with Gasteiger partial charge in [-0.25, -0.2) is 0 Å². The van der Waals surface area contributed by atoms with E-state index < -0.39 is 0 Å². The molecule has 0 radical (unpaired) electrons.